The molecule has 0 saturated carbocycles. The maximum atomic E-state index is 7.09. The smallest absolute Gasteiger partial charge is 0.0711 e. The van der Waals surface area contributed by atoms with E-state index in [1.807, 2.05) is 0 Å². The van der Waals surface area contributed by atoms with E-state index in [1.54, 1.807) is 0 Å². The first kappa shape index (κ1) is 39.8. The van der Waals surface area contributed by atoms with Gasteiger partial charge in [-0.1, -0.05) is 61.8 Å². The lowest BCUT2D eigenvalue weighted by molar-refractivity contribution is -0.146. The number of nitrogens with two attached hydrogens (primary N) is 2. The van der Waals surface area contributed by atoms with E-state index >= 15 is 0 Å². The van der Waals surface area contributed by atoms with E-state index in [0.717, 1.165) is 51.4 Å². The molecule has 0 aliphatic carbocycles. The van der Waals surface area contributed by atoms with Gasteiger partial charge in [-0.15, -0.1) is 0 Å². The fraction of sp³-hybridized carbons (Fsp3) is 1.00. The van der Waals surface area contributed by atoms with Crippen molar-refractivity contribution < 1.29 is 14.2 Å². The van der Waals surface area contributed by atoms with Crippen molar-refractivity contribution in [3.63, 3.8) is 0 Å². The Kier molecular flexibility index (Phi) is 14.1. The van der Waals surface area contributed by atoms with E-state index in [1.165, 1.54) is 0 Å². The first-order chi connectivity index (χ1) is 19.0. The highest BCUT2D eigenvalue weighted by molar-refractivity contribution is 4.99. The molecule has 0 spiro atoms. The molecule has 1 aliphatic heterocycles. The maximum Gasteiger partial charge on any atom is 0.0711 e. The monoisotopic (exact) mass is 598 g/mol. The Labute approximate surface area is 262 Å². The van der Waals surface area contributed by atoms with Crippen LogP contribution in [0.4, 0.5) is 0 Å². The summed E-state index contributed by atoms with van der Waals surface area (Å²) in [4.78, 5) is 0. The molecule has 0 radical (unpaired) electrons. The average Bonchev–Trinajstić information content (AvgIpc) is 2.92. The predicted molar refractivity (Wildman–Crippen MR) is 181 cm³/mol. The Hall–Kier alpha value is -0.240. The lowest BCUT2D eigenvalue weighted by atomic mass is 9.64. The minimum Gasteiger partial charge on any atom is -0.375 e. The molecule has 1 fully saturated rings. The molecule has 8 unspecified atom stereocenters. The summed E-state index contributed by atoms with van der Waals surface area (Å²) in [5.41, 5.74) is 11.8. The molecule has 6 heteroatoms. The molecule has 252 valence electrons. The van der Waals surface area contributed by atoms with Gasteiger partial charge in [0, 0.05) is 17.0 Å². The molecular weight excluding hydrogens is 522 g/mol. The van der Waals surface area contributed by atoms with E-state index < -0.39 is 5.66 Å². The highest BCUT2D eigenvalue weighted by Gasteiger charge is 2.47. The summed E-state index contributed by atoms with van der Waals surface area (Å²) in [5.74, 6) is 0.689. The molecule has 1 rings (SSSR count). The van der Waals surface area contributed by atoms with E-state index in [0.29, 0.717) is 19.8 Å². The lowest BCUT2D eigenvalue weighted by Gasteiger charge is -2.51. The molecule has 0 amide bonds. The van der Waals surface area contributed by atoms with Crippen LogP contribution in [0.2, 0.25) is 0 Å². The summed E-state index contributed by atoms with van der Waals surface area (Å²) in [7, 11) is 0. The summed E-state index contributed by atoms with van der Waals surface area (Å²) < 4.78 is 20.6. The molecular formula is C36H75N3O3. The second-order valence-electron chi connectivity index (χ2n) is 16.5. The van der Waals surface area contributed by atoms with Crippen molar-refractivity contribution in [3.8, 4) is 0 Å². The predicted octanol–water partition coefficient (Wildman–Crippen LogP) is 8.20. The van der Waals surface area contributed by atoms with E-state index in [-0.39, 0.29) is 51.0 Å². The summed E-state index contributed by atoms with van der Waals surface area (Å²) >= 11 is 0. The number of hydrogen-bond acceptors (Lipinski definition) is 6. The van der Waals surface area contributed by atoms with Crippen LogP contribution in [0.3, 0.4) is 0 Å². The minimum absolute atomic E-state index is 0.0338. The molecule has 1 heterocycles. The summed E-state index contributed by atoms with van der Waals surface area (Å²) in [5, 5.41) is 3.84. The second kappa shape index (κ2) is 14.9. The van der Waals surface area contributed by atoms with Crippen molar-refractivity contribution in [2.45, 2.75) is 189 Å². The summed E-state index contributed by atoms with van der Waals surface area (Å²) in [6, 6.07) is 0. The lowest BCUT2D eigenvalue weighted by Crippen LogP contribution is -2.67. The molecule has 6 nitrogen and oxygen atoms in total. The maximum absolute atomic E-state index is 7.09. The topological polar surface area (TPSA) is 91.8 Å². The van der Waals surface area contributed by atoms with Gasteiger partial charge in [-0.3, -0.25) is 5.32 Å². The van der Waals surface area contributed by atoms with Gasteiger partial charge >= 0.3 is 0 Å². The molecule has 42 heavy (non-hydrogen) atoms. The van der Waals surface area contributed by atoms with Crippen LogP contribution in [0.15, 0.2) is 0 Å². The largest absolute Gasteiger partial charge is 0.375 e. The Morgan fingerprint density at radius 3 is 1.90 bits per heavy atom. The van der Waals surface area contributed by atoms with Gasteiger partial charge in [0.05, 0.1) is 42.3 Å². The van der Waals surface area contributed by atoms with Gasteiger partial charge in [-0.05, 0) is 111 Å². The van der Waals surface area contributed by atoms with Crippen LogP contribution in [0.5, 0.6) is 0 Å². The Bertz CT molecular complexity index is 813. The number of ether oxygens (including phenoxy) is 3. The highest BCUT2D eigenvalue weighted by Crippen LogP contribution is 2.49. The standard InChI is InChI=1S/C36H75N3O3/c1-16-32(13,41-22-28(7)34(15,37)18-3)25-35(19-4)24-30(9,10)40-21-27(6)31(11,12)39-36(38,20-5)29(8)23-42-33(14,17-2)26-35/h27-29,39H,16-26,37-38H2,1-15H3. The van der Waals surface area contributed by atoms with Crippen LogP contribution in [0.1, 0.15) is 155 Å². The fourth-order valence-electron chi connectivity index (χ4n) is 6.84. The zero-order valence-electron chi connectivity index (χ0n) is 30.9. The normalized spacial score (nSPS) is 36.8. The molecule has 8 atom stereocenters. The SMILES string of the molecule is CCC1(CC(C)(CC)OCC(C)C(C)(N)CC)CC(C)(C)OCC(C)C(C)(C)NC(N)(CC)C(C)COC(C)(CC)C1. The van der Waals surface area contributed by atoms with Gasteiger partial charge in [-0.2, -0.15) is 0 Å². The van der Waals surface area contributed by atoms with Gasteiger partial charge in [0.15, 0.2) is 0 Å². The number of rotatable bonds is 11. The average molecular weight is 598 g/mol. The molecule has 0 aromatic rings. The quantitative estimate of drug-likeness (QED) is 0.222. The Morgan fingerprint density at radius 1 is 0.857 bits per heavy atom. The molecule has 1 saturated heterocycles. The van der Waals surface area contributed by atoms with Crippen molar-refractivity contribution >= 4 is 0 Å². The van der Waals surface area contributed by atoms with Gasteiger partial charge in [0.2, 0.25) is 0 Å². The van der Waals surface area contributed by atoms with Gasteiger partial charge in [0.1, 0.15) is 0 Å². The summed E-state index contributed by atoms with van der Waals surface area (Å²) in [6.07, 6.45) is 7.51. The first-order valence-corrected chi connectivity index (χ1v) is 17.3. The molecule has 5 N–H and O–H groups in total. The van der Waals surface area contributed by atoms with Crippen molar-refractivity contribution in [1.82, 2.24) is 5.32 Å². The van der Waals surface area contributed by atoms with Gasteiger partial charge in [0.25, 0.3) is 0 Å². The van der Waals surface area contributed by atoms with Crippen molar-refractivity contribution in [2.75, 3.05) is 19.8 Å². The van der Waals surface area contributed by atoms with Crippen molar-refractivity contribution in [1.29, 1.82) is 0 Å². The molecule has 0 aromatic heterocycles. The van der Waals surface area contributed by atoms with Gasteiger partial charge < -0.3 is 25.7 Å². The van der Waals surface area contributed by atoms with Crippen LogP contribution in [-0.2, 0) is 14.2 Å². The van der Waals surface area contributed by atoms with Crippen LogP contribution in [0.25, 0.3) is 0 Å². The molecule has 1 aliphatic rings. The van der Waals surface area contributed by atoms with Crippen LogP contribution in [0, 0.1) is 23.2 Å². The Morgan fingerprint density at radius 2 is 1.43 bits per heavy atom. The first-order valence-electron chi connectivity index (χ1n) is 17.3. The second-order valence-corrected chi connectivity index (χ2v) is 16.5. The van der Waals surface area contributed by atoms with E-state index in [2.05, 4.69) is 109 Å². The van der Waals surface area contributed by atoms with Crippen molar-refractivity contribution in [3.05, 3.63) is 0 Å². The third kappa shape index (κ3) is 10.7. The number of nitrogens with one attached hydrogen (secondary N) is 1. The highest BCUT2D eigenvalue weighted by atomic mass is 16.5. The fourth-order valence-corrected chi connectivity index (χ4v) is 6.84. The van der Waals surface area contributed by atoms with Crippen LogP contribution >= 0.6 is 0 Å². The third-order valence-corrected chi connectivity index (χ3v) is 11.8. The zero-order chi connectivity index (χ0) is 32.8. The van der Waals surface area contributed by atoms with E-state index in [4.69, 9.17) is 25.7 Å². The molecule has 0 bridgehead atoms. The minimum atomic E-state index is -0.533. The third-order valence-electron chi connectivity index (χ3n) is 11.8. The van der Waals surface area contributed by atoms with Gasteiger partial charge in [-0.25, -0.2) is 0 Å². The van der Waals surface area contributed by atoms with Crippen LogP contribution < -0.4 is 16.8 Å². The number of hydrogen-bond donors (Lipinski definition) is 3. The van der Waals surface area contributed by atoms with E-state index in [9.17, 15) is 0 Å². The Balaban J connectivity index is 3.56. The molecule has 0 aromatic carbocycles. The van der Waals surface area contributed by atoms with Crippen molar-refractivity contribution in [2.24, 2.45) is 34.6 Å². The summed E-state index contributed by atoms with van der Waals surface area (Å²) in [6.45, 7) is 35.7. The zero-order valence-corrected chi connectivity index (χ0v) is 30.9. The van der Waals surface area contributed by atoms with Crippen LogP contribution in [-0.4, -0.2) is 53.4 Å².